The molecule has 0 aliphatic heterocycles. The number of ketones is 1. The molecule has 24 heavy (non-hydrogen) atoms. The van der Waals surface area contributed by atoms with Gasteiger partial charge in [0.2, 0.25) is 0 Å². The lowest BCUT2D eigenvalue weighted by atomic mass is 9.55. The highest BCUT2D eigenvalue weighted by molar-refractivity contribution is 5.87. The number of fused-ring (bicyclic) bond motifs is 5. The van der Waals surface area contributed by atoms with Gasteiger partial charge in [-0.3, -0.25) is 4.79 Å². The molecular formula is C22H30O2. The van der Waals surface area contributed by atoms with Gasteiger partial charge in [-0.05, 0) is 73.0 Å². The van der Waals surface area contributed by atoms with Crippen molar-refractivity contribution in [3.63, 3.8) is 0 Å². The second-order valence-corrected chi connectivity index (χ2v) is 8.74. The molecule has 0 heterocycles. The topological polar surface area (TPSA) is 26.3 Å². The Balaban J connectivity index is 1.76. The molecule has 130 valence electrons. The van der Waals surface area contributed by atoms with Gasteiger partial charge in [0, 0.05) is 17.4 Å². The minimum absolute atomic E-state index is 0.0218. The molecule has 4 rings (SSSR count). The van der Waals surface area contributed by atoms with Crippen LogP contribution in [0.4, 0.5) is 0 Å². The molecule has 2 nitrogen and oxygen atoms in total. The quantitative estimate of drug-likeness (QED) is 0.742. The first-order chi connectivity index (χ1) is 11.5. The number of methoxy groups -OCH3 is 1. The van der Waals surface area contributed by atoms with Gasteiger partial charge in [0.25, 0.3) is 0 Å². The normalized spacial score (nSPS) is 34.7. The SMILES string of the molecule is COc1ccc2c(c1C(C)C)CC[C@@H]1[C@@H]2CC[C@]2(C)C(=O)CC[C@@H]12. The highest BCUT2D eigenvalue weighted by atomic mass is 16.5. The molecule has 3 aliphatic rings. The van der Waals surface area contributed by atoms with Crippen LogP contribution in [0.1, 0.15) is 81.4 Å². The number of carbonyl (C=O) groups is 1. The fourth-order valence-corrected chi connectivity index (χ4v) is 6.26. The maximum absolute atomic E-state index is 12.5. The number of Topliss-reactive ketones (excluding diaryl/α,β-unsaturated/α-hetero) is 1. The Hall–Kier alpha value is -1.31. The van der Waals surface area contributed by atoms with E-state index in [2.05, 4.69) is 32.9 Å². The minimum atomic E-state index is -0.0218. The lowest BCUT2D eigenvalue weighted by Gasteiger charge is -2.48. The van der Waals surface area contributed by atoms with Crippen molar-refractivity contribution in [1.29, 1.82) is 0 Å². The molecule has 0 N–H and O–H groups in total. The predicted octanol–water partition coefficient (Wildman–Crippen LogP) is 5.24. The average molecular weight is 326 g/mol. The predicted molar refractivity (Wildman–Crippen MR) is 96.7 cm³/mol. The van der Waals surface area contributed by atoms with E-state index in [-0.39, 0.29) is 5.41 Å². The number of carbonyl (C=O) groups excluding carboxylic acids is 1. The second kappa shape index (κ2) is 5.61. The summed E-state index contributed by atoms with van der Waals surface area (Å²) in [5.74, 6) is 4.06. The maximum Gasteiger partial charge on any atom is 0.139 e. The summed E-state index contributed by atoms with van der Waals surface area (Å²) < 4.78 is 5.66. The molecule has 2 heteroatoms. The van der Waals surface area contributed by atoms with Gasteiger partial charge in [-0.1, -0.05) is 26.8 Å². The van der Waals surface area contributed by atoms with E-state index < -0.39 is 0 Å². The Morgan fingerprint density at radius 1 is 1.17 bits per heavy atom. The summed E-state index contributed by atoms with van der Waals surface area (Å²) >= 11 is 0. The molecule has 0 radical (unpaired) electrons. The Labute approximate surface area is 146 Å². The third kappa shape index (κ3) is 2.11. The molecule has 0 spiro atoms. The Kier molecular flexibility index (Phi) is 3.78. The summed E-state index contributed by atoms with van der Waals surface area (Å²) in [6.07, 6.45) is 6.61. The van der Waals surface area contributed by atoms with Crippen LogP contribution in [0.2, 0.25) is 0 Å². The molecule has 3 aliphatic carbocycles. The van der Waals surface area contributed by atoms with Crippen molar-refractivity contribution >= 4 is 5.78 Å². The van der Waals surface area contributed by atoms with Crippen LogP contribution in [-0.4, -0.2) is 12.9 Å². The third-order valence-corrected chi connectivity index (χ3v) is 7.42. The summed E-state index contributed by atoms with van der Waals surface area (Å²) in [6.45, 7) is 6.81. The molecule has 1 aromatic rings. The standard InChI is InChI=1S/C22H30O2/c1-13(2)21-17-6-5-16-15(14(17)7-9-19(21)24-4)11-12-22(3)18(16)8-10-20(22)23/h7,9,13,15-16,18H,5-6,8,10-12H2,1-4H3/t15-,16-,18+,22+/m1/s1. The van der Waals surface area contributed by atoms with Crippen LogP contribution in [0.15, 0.2) is 12.1 Å². The number of rotatable bonds is 2. The van der Waals surface area contributed by atoms with Crippen molar-refractivity contribution < 1.29 is 9.53 Å². The van der Waals surface area contributed by atoms with Crippen LogP contribution in [0.3, 0.4) is 0 Å². The average Bonchev–Trinajstić information content (AvgIpc) is 2.88. The van der Waals surface area contributed by atoms with E-state index in [4.69, 9.17) is 4.74 Å². The summed E-state index contributed by atoms with van der Waals surface area (Å²) in [7, 11) is 1.79. The van der Waals surface area contributed by atoms with Crippen LogP contribution in [0.5, 0.6) is 5.75 Å². The lowest BCUT2D eigenvalue weighted by Crippen LogP contribution is -2.42. The first-order valence-corrected chi connectivity index (χ1v) is 9.70. The Morgan fingerprint density at radius 2 is 1.96 bits per heavy atom. The van der Waals surface area contributed by atoms with Gasteiger partial charge in [0.1, 0.15) is 11.5 Å². The molecule has 0 amide bonds. The van der Waals surface area contributed by atoms with Crippen LogP contribution >= 0.6 is 0 Å². The molecular weight excluding hydrogens is 296 g/mol. The van der Waals surface area contributed by atoms with E-state index in [1.807, 2.05) is 0 Å². The zero-order valence-corrected chi connectivity index (χ0v) is 15.5. The number of hydrogen-bond donors (Lipinski definition) is 0. The zero-order chi connectivity index (χ0) is 17.1. The zero-order valence-electron chi connectivity index (χ0n) is 15.5. The van der Waals surface area contributed by atoms with Gasteiger partial charge in [0.05, 0.1) is 7.11 Å². The van der Waals surface area contributed by atoms with E-state index in [1.54, 1.807) is 18.2 Å². The van der Waals surface area contributed by atoms with Gasteiger partial charge < -0.3 is 4.74 Å². The van der Waals surface area contributed by atoms with E-state index in [0.29, 0.717) is 29.5 Å². The maximum atomic E-state index is 12.5. The third-order valence-electron chi connectivity index (χ3n) is 7.42. The monoisotopic (exact) mass is 326 g/mol. The largest absolute Gasteiger partial charge is 0.496 e. The fourth-order valence-electron chi connectivity index (χ4n) is 6.26. The van der Waals surface area contributed by atoms with Crippen molar-refractivity contribution in [2.75, 3.05) is 7.11 Å². The highest BCUT2D eigenvalue weighted by Crippen LogP contribution is 2.60. The molecule has 1 aromatic carbocycles. The molecule has 0 saturated heterocycles. The van der Waals surface area contributed by atoms with Gasteiger partial charge in [0.15, 0.2) is 0 Å². The number of hydrogen-bond acceptors (Lipinski definition) is 2. The van der Waals surface area contributed by atoms with Crippen molar-refractivity contribution in [2.24, 2.45) is 17.3 Å². The Morgan fingerprint density at radius 3 is 2.67 bits per heavy atom. The molecule has 2 saturated carbocycles. The Bertz CT molecular complexity index is 675. The molecule has 0 unspecified atom stereocenters. The molecule has 0 aromatic heterocycles. The summed E-state index contributed by atoms with van der Waals surface area (Å²) in [5, 5.41) is 0. The van der Waals surface area contributed by atoms with Crippen molar-refractivity contribution in [1.82, 2.24) is 0 Å². The number of benzene rings is 1. The van der Waals surface area contributed by atoms with E-state index >= 15 is 0 Å². The summed E-state index contributed by atoms with van der Waals surface area (Å²) in [6, 6.07) is 4.51. The summed E-state index contributed by atoms with van der Waals surface area (Å²) in [4.78, 5) is 12.5. The van der Waals surface area contributed by atoms with Gasteiger partial charge in [-0.25, -0.2) is 0 Å². The molecule has 0 bridgehead atoms. The van der Waals surface area contributed by atoms with Crippen LogP contribution < -0.4 is 4.74 Å². The summed E-state index contributed by atoms with van der Waals surface area (Å²) in [5.41, 5.74) is 4.52. The fraction of sp³-hybridized carbons (Fsp3) is 0.682. The lowest BCUT2D eigenvalue weighted by molar-refractivity contribution is -0.129. The van der Waals surface area contributed by atoms with Crippen molar-refractivity contribution in [3.05, 3.63) is 28.8 Å². The van der Waals surface area contributed by atoms with Crippen LogP contribution in [0, 0.1) is 17.3 Å². The van der Waals surface area contributed by atoms with E-state index in [1.165, 1.54) is 18.4 Å². The van der Waals surface area contributed by atoms with Crippen LogP contribution in [0.25, 0.3) is 0 Å². The molecule has 2 fully saturated rings. The number of ether oxygens (including phenoxy) is 1. The smallest absolute Gasteiger partial charge is 0.139 e. The van der Waals surface area contributed by atoms with E-state index in [0.717, 1.165) is 31.4 Å². The molecule has 4 atom stereocenters. The van der Waals surface area contributed by atoms with Gasteiger partial charge in [-0.2, -0.15) is 0 Å². The van der Waals surface area contributed by atoms with Gasteiger partial charge in [-0.15, -0.1) is 0 Å². The van der Waals surface area contributed by atoms with Crippen molar-refractivity contribution in [3.8, 4) is 5.75 Å². The first-order valence-electron chi connectivity index (χ1n) is 9.70. The highest BCUT2D eigenvalue weighted by Gasteiger charge is 2.54. The van der Waals surface area contributed by atoms with Crippen LogP contribution in [-0.2, 0) is 11.2 Å². The van der Waals surface area contributed by atoms with Crippen molar-refractivity contribution in [2.45, 2.75) is 71.1 Å². The second-order valence-electron chi connectivity index (χ2n) is 8.74. The first kappa shape index (κ1) is 16.2. The van der Waals surface area contributed by atoms with Gasteiger partial charge >= 0.3 is 0 Å². The van der Waals surface area contributed by atoms with E-state index in [9.17, 15) is 4.79 Å². The minimum Gasteiger partial charge on any atom is -0.496 e.